The highest BCUT2D eigenvalue weighted by molar-refractivity contribution is 5.65. The molecule has 0 saturated heterocycles. The molecule has 0 bridgehead atoms. The fourth-order valence-corrected chi connectivity index (χ4v) is 1.04. The molecule has 10 heavy (non-hydrogen) atoms. The highest BCUT2D eigenvalue weighted by Gasteiger charge is 2.00. The molecule has 0 atom stereocenters. The van der Waals surface area contributed by atoms with Gasteiger partial charge in [0, 0.05) is 18.3 Å². The number of nitrogens with one attached hydrogen (secondary N) is 1. The molecule has 0 saturated carbocycles. The van der Waals surface area contributed by atoms with E-state index in [2.05, 4.69) is 22.5 Å². The summed E-state index contributed by atoms with van der Waals surface area (Å²) in [6, 6.07) is 3.99. The van der Waals surface area contributed by atoms with E-state index in [1.807, 2.05) is 12.1 Å². The molecule has 1 aromatic heterocycles. The van der Waals surface area contributed by atoms with Gasteiger partial charge < -0.3 is 5.32 Å². The van der Waals surface area contributed by atoms with E-state index in [-0.39, 0.29) is 0 Å². The van der Waals surface area contributed by atoms with Gasteiger partial charge in [-0.3, -0.25) is 0 Å². The van der Waals surface area contributed by atoms with Crippen LogP contribution in [0.25, 0.3) is 6.08 Å². The van der Waals surface area contributed by atoms with Crippen LogP contribution in [0.15, 0.2) is 24.4 Å². The summed E-state index contributed by atoms with van der Waals surface area (Å²) in [6.45, 7) is 0.893. The number of fused-ring (bicyclic) bond motifs is 1. The van der Waals surface area contributed by atoms with Crippen molar-refractivity contribution in [1.29, 1.82) is 0 Å². The van der Waals surface area contributed by atoms with Crippen LogP contribution < -0.4 is 5.32 Å². The molecule has 1 aliphatic heterocycles. The molecule has 0 spiro atoms. The molecule has 1 aromatic rings. The number of hydrogen-bond acceptors (Lipinski definition) is 2. The zero-order valence-electron chi connectivity index (χ0n) is 5.54. The van der Waals surface area contributed by atoms with E-state index in [0.717, 1.165) is 12.4 Å². The Hall–Kier alpha value is -1.31. The monoisotopic (exact) mass is 132 g/mol. The predicted octanol–water partition coefficient (Wildman–Crippen LogP) is 1.52. The molecule has 0 fully saturated rings. The van der Waals surface area contributed by atoms with Gasteiger partial charge in [-0.25, -0.2) is 4.98 Å². The Balaban J connectivity index is 2.54. The Bertz CT molecular complexity index is 266. The van der Waals surface area contributed by atoms with Crippen molar-refractivity contribution < 1.29 is 0 Å². The Morgan fingerprint density at radius 1 is 1.50 bits per heavy atom. The summed E-state index contributed by atoms with van der Waals surface area (Å²) in [7, 11) is 0. The van der Waals surface area contributed by atoms with Crippen molar-refractivity contribution in [3.63, 3.8) is 0 Å². The van der Waals surface area contributed by atoms with Crippen molar-refractivity contribution in [3.8, 4) is 0 Å². The molecule has 1 N–H and O–H groups in total. The molecule has 2 rings (SSSR count). The summed E-state index contributed by atoms with van der Waals surface area (Å²) in [6.07, 6.45) is 5.97. The number of aromatic nitrogens is 1. The molecular formula is C8H8N2. The third-order valence-electron chi connectivity index (χ3n) is 1.52. The van der Waals surface area contributed by atoms with Crippen molar-refractivity contribution >= 4 is 11.9 Å². The molecule has 0 radical (unpaired) electrons. The summed E-state index contributed by atoms with van der Waals surface area (Å²) >= 11 is 0. The van der Waals surface area contributed by atoms with Gasteiger partial charge in [0.15, 0.2) is 0 Å². The molecule has 50 valence electrons. The van der Waals surface area contributed by atoms with E-state index in [0.29, 0.717) is 0 Å². The van der Waals surface area contributed by atoms with Gasteiger partial charge in [0.25, 0.3) is 0 Å². The van der Waals surface area contributed by atoms with Crippen LogP contribution in [0.4, 0.5) is 5.82 Å². The van der Waals surface area contributed by atoms with Crippen LogP contribution in [0, 0.1) is 0 Å². The number of pyridine rings is 1. The largest absolute Gasteiger partial charge is 0.366 e. The lowest BCUT2D eigenvalue weighted by molar-refractivity contribution is 1.20. The second kappa shape index (κ2) is 2.14. The standard InChI is InChI=1S/C8H8N2/c1-3-7-4-2-6-10-8(7)9-5-1/h1-5H,6H2,(H,9,10). The van der Waals surface area contributed by atoms with Crippen molar-refractivity contribution in [2.45, 2.75) is 0 Å². The summed E-state index contributed by atoms with van der Waals surface area (Å²) in [5.74, 6) is 0.991. The summed E-state index contributed by atoms with van der Waals surface area (Å²) in [5, 5.41) is 3.16. The fraction of sp³-hybridized carbons (Fsp3) is 0.125. The van der Waals surface area contributed by atoms with Crippen LogP contribution in [0.2, 0.25) is 0 Å². The maximum atomic E-state index is 4.16. The van der Waals surface area contributed by atoms with E-state index in [1.54, 1.807) is 6.20 Å². The zero-order valence-corrected chi connectivity index (χ0v) is 5.54. The Labute approximate surface area is 59.6 Å². The summed E-state index contributed by atoms with van der Waals surface area (Å²) < 4.78 is 0. The molecule has 1 aliphatic rings. The minimum atomic E-state index is 0.893. The summed E-state index contributed by atoms with van der Waals surface area (Å²) in [4.78, 5) is 4.16. The minimum absolute atomic E-state index is 0.893. The molecule has 2 nitrogen and oxygen atoms in total. The SMILES string of the molecule is C1=Cc2cccnc2NC1. The maximum absolute atomic E-state index is 4.16. The minimum Gasteiger partial charge on any atom is -0.366 e. The van der Waals surface area contributed by atoms with Crippen molar-refractivity contribution in [2.24, 2.45) is 0 Å². The first-order valence-corrected chi connectivity index (χ1v) is 3.32. The van der Waals surface area contributed by atoms with Gasteiger partial charge in [0.2, 0.25) is 0 Å². The van der Waals surface area contributed by atoms with Gasteiger partial charge in [0.05, 0.1) is 0 Å². The normalized spacial score (nSPS) is 14.0. The topological polar surface area (TPSA) is 24.9 Å². The maximum Gasteiger partial charge on any atom is 0.133 e. The van der Waals surface area contributed by atoms with Crippen LogP contribution in [0.1, 0.15) is 5.56 Å². The quantitative estimate of drug-likeness (QED) is 0.579. The van der Waals surface area contributed by atoms with Crippen LogP contribution in [-0.4, -0.2) is 11.5 Å². The molecule has 0 aliphatic carbocycles. The number of rotatable bonds is 0. The highest BCUT2D eigenvalue weighted by atomic mass is 15.0. The zero-order chi connectivity index (χ0) is 6.81. The average molecular weight is 132 g/mol. The second-order valence-corrected chi connectivity index (χ2v) is 2.22. The molecule has 2 heterocycles. The predicted molar refractivity (Wildman–Crippen MR) is 41.8 cm³/mol. The molecule has 0 aromatic carbocycles. The smallest absolute Gasteiger partial charge is 0.133 e. The molecule has 2 heteroatoms. The highest BCUT2D eigenvalue weighted by Crippen LogP contribution is 2.15. The van der Waals surface area contributed by atoms with Gasteiger partial charge in [-0.1, -0.05) is 12.2 Å². The Kier molecular flexibility index (Phi) is 1.17. The van der Waals surface area contributed by atoms with Gasteiger partial charge >= 0.3 is 0 Å². The van der Waals surface area contributed by atoms with Gasteiger partial charge in [0.1, 0.15) is 5.82 Å². The van der Waals surface area contributed by atoms with Crippen molar-refractivity contribution in [3.05, 3.63) is 30.0 Å². The molecule has 0 unspecified atom stereocenters. The Morgan fingerprint density at radius 2 is 2.50 bits per heavy atom. The van der Waals surface area contributed by atoms with Crippen LogP contribution in [0.3, 0.4) is 0 Å². The number of anilines is 1. The first-order chi connectivity index (χ1) is 4.97. The first-order valence-electron chi connectivity index (χ1n) is 3.32. The van der Waals surface area contributed by atoms with E-state index < -0.39 is 0 Å². The number of hydrogen-bond donors (Lipinski definition) is 1. The van der Waals surface area contributed by atoms with Gasteiger partial charge in [-0.2, -0.15) is 0 Å². The van der Waals surface area contributed by atoms with Gasteiger partial charge in [-0.15, -0.1) is 0 Å². The lowest BCUT2D eigenvalue weighted by Gasteiger charge is -2.09. The Morgan fingerprint density at radius 3 is 3.40 bits per heavy atom. The van der Waals surface area contributed by atoms with Gasteiger partial charge in [-0.05, 0) is 12.1 Å². The second-order valence-electron chi connectivity index (χ2n) is 2.22. The van der Waals surface area contributed by atoms with E-state index >= 15 is 0 Å². The van der Waals surface area contributed by atoms with Crippen molar-refractivity contribution in [1.82, 2.24) is 4.98 Å². The van der Waals surface area contributed by atoms with E-state index in [1.165, 1.54) is 5.56 Å². The molecule has 0 amide bonds. The lowest BCUT2D eigenvalue weighted by atomic mass is 10.2. The lowest BCUT2D eigenvalue weighted by Crippen LogP contribution is -2.05. The average Bonchev–Trinajstić information content (AvgIpc) is 2.05. The number of nitrogens with zero attached hydrogens (tertiary/aromatic N) is 1. The van der Waals surface area contributed by atoms with Crippen LogP contribution in [-0.2, 0) is 0 Å². The van der Waals surface area contributed by atoms with E-state index in [4.69, 9.17) is 0 Å². The first kappa shape index (κ1) is 5.47. The third kappa shape index (κ3) is 0.778. The molecular weight excluding hydrogens is 124 g/mol. The van der Waals surface area contributed by atoms with Crippen LogP contribution >= 0.6 is 0 Å². The summed E-state index contributed by atoms with van der Waals surface area (Å²) in [5.41, 5.74) is 1.17. The van der Waals surface area contributed by atoms with Crippen molar-refractivity contribution in [2.75, 3.05) is 11.9 Å². The van der Waals surface area contributed by atoms with Crippen LogP contribution in [0.5, 0.6) is 0 Å². The van der Waals surface area contributed by atoms with E-state index in [9.17, 15) is 0 Å². The fourth-order valence-electron chi connectivity index (χ4n) is 1.04. The third-order valence-corrected chi connectivity index (χ3v) is 1.52.